The van der Waals surface area contributed by atoms with E-state index in [9.17, 15) is 9.90 Å². The van der Waals surface area contributed by atoms with Crippen LogP contribution in [-0.4, -0.2) is 48.3 Å². The van der Waals surface area contributed by atoms with Crippen LogP contribution < -0.4 is 24.0 Å². The number of benzene rings is 1. The summed E-state index contributed by atoms with van der Waals surface area (Å²) in [5, 5.41) is 11.7. The van der Waals surface area contributed by atoms with Gasteiger partial charge in [-0.3, -0.25) is 0 Å². The van der Waals surface area contributed by atoms with Gasteiger partial charge in [-0.05, 0) is 18.4 Å². The van der Waals surface area contributed by atoms with Crippen molar-refractivity contribution in [1.29, 1.82) is 0 Å². The van der Waals surface area contributed by atoms with Gasteiger partial charge in [0.2, 0.25) is 0 Å². The molecule has 1 aromatic carbocycles. The van der Waals surface area contributed by atoms with Gasteiger partial charge in [-0.1, -0.05) is 49.6 Å². The molecule has 4 fully saturated rings. The summed E-state index contributed by atoms with van der Waals surface area (Å²) in [5.74, 6) is 0.00299. The molecule has 0 aromatic heterocycles. The van der Waals surface area contributed by atoms with E-state index in [0.717, 1.165) is 49.6 Å². The monoisotopic (exact) mass is 485 g/mol. The number of fused-ring (bicyclic) bond motifs is 3. The van der Waals surface area contributed by atoms with E-state index in [1.165, 1.54) is 19.5 Å². The summed E-state index contributed by atoms with van der Waals surface area (Å²) in [6, 6.07) is 9.48. The van der Waals surface area contributed by atoms with Crippen LogP contribution in [-0.2, 0) is 15.1 Å². The number of esters is 1. The summed E-state index contributed by atoms with van der Waals surface area (Å²) in [4.78, 5) is 13.3. The van der Waals surface area contributed by atoms with Crippen LogP contribution in [0.5, 0.6) is 0 Å². The molecule has 4 aliphatic rings. The first-order valence-corrected chi connectivity index (χ1v) is 10.3. The number of nitrogens with zero attached hydrogens (tertiary/aromatic N) is 1. The van der Waals surface area contributed by atoms with Crippen molar-refractivity contribution in [1.82, 2.24) is 0 Å². The number of quaternary nitrogens is 1. The molecule has 3 saturated heterocycles. The van der Waals surface area contributed by atoms with Crippen LogP contribution >= 0.6 is 0 Å². The van der Waals surface area contributed by atoms with Gasteiger partial charge in [0.05, 0.1) is 20.1 Å². The molecule has 3 heterocycles. The zero-order valence-corrected chi connectivity index (χ0v) is 18.4. The summed E-state index contributed by atoms with van der Waals surface area (Å²) < 4.78 is 7.06. The fourth-order valence-corrected chi connectivity index (χ4v) is 5.44. The average molecular weight is 485 g/mol. The van der Waals surface area contributed by atoms with Crippen molar-refractivity contribution in [2.75, 3.05) is 26.7 Å². The maximum Gasteiger partial charge on any atom is 0.343 e. The summed E-state index contributed by atoms with van der Waals surface area (Å²) >= 11 is 0. The topological polar surface area (TPSA) is 46.5 Å². The van der Waals surface area contributed by atoms with Gasteiger partial charge in [0, 0.05) is 24.7 Å². The third-order valence-corrected chi connectivity index (χ3v) is 7.21. The molecule has 0 amide bonds. The fraction of sp³-hybridized carbons (Fsp3) is 0.682. The zero-order chi connectivity index (χ0) is 18.2. The summed E-state index contributed by atoms with van der Waals surface area (Å²) in [5.41, 5.74) is -0.815. The lowest BCUT2D eigenvalue weighted by atomic mass is 9.73. The average Bonchev–Trinajstić information content (AvgIpc) is 2.69. The Morgan fingerprint density at radius 1 is 1.07 bits per heavy atom. The van der Waals surface area contributed by atoms with Crippen molar-refractivity contribution in [3.05, 3.63) is 35.9 Å². The molecule has 1 N–H and O–H groups in total. The van der Waals surface area contributed by atoms with Crippen molar-refractivity contribution in [3.8, 4) is 0 Å². The molecular weight excluding hydrogens is 453 g/mol. The molecule has 2 unspecified atom stereocenters. The lowest BCUT2D eigenvalue weighted by Gasteiger charge is -2.50. The predicted molar refractivity (Wildman–Crippen MR) is 100 cm³/mol. The Kier molecular flexibility index (Phi) is 6.53. The third-order valence-electron chi connectivity index (χ3n) is 7.21. The van der Waals surface area contributed by atoms with Crippen LogP contribution in [0.3, 0.4) is 0 Å². The highest BCUT2D eigenvalue weighted by molar-refractivity contribution is 5.81. The number of piperidine rings is 3. The van der Waals surface area contributed by atoms with E-state index < -0.39 is 11.6 Å². The Labute approximate surface area is 179 Å². The Bertz CT molecular complexity index is 638. The Hall–Kier alpha value is -0.660. The van der Waals surface area contributed by atoms with E-state index in [1.54, 1.807) is 0 Å². The first-order chi connectivity index (χ1) is 12.5. The van der Waals surface area contributed by atoms with Gasteiger partial charge in [-0.15, -0.1) is 0 Å². The Morgan fingerprint density at radius 2 is 1.70 bits per heavy atom. The van der Waals surface area contributed by atoms with Gasteiger partial charge < -0.3 is 38.3 Å². The first kappa shape index (κ1) is 21.1. The van der Waals surface area contributed by atoms with Gasteiger partial charge in [0.25, 0.3) is 0 Å². The molecule has 1 aromatic rings. The summed E-state index contributed by atoms with van der Waals surface area (Å²) in [7, 11) is 2.26. The lowest BCUT2D eigenvalue weighted by Crippen LogP contribution is -3.00. The van der Waals surface area contributed by atoms with E-state index in [4.69, 9.17) is 4.74 Å². The quantitative estimate of drug-likeness (QED) is 0.378. The van der Waals surface area contributed by atoms with Crippen LogP contribution in [0.2, 0.25) is 0 Å². The van der Waals surface area contributed by atoms with Crippen molar-refractivity contribution in [2.24, 2.45) is 11.8 Å². The number of hydrogen-bond acceptors (Lipinski definition) is 3. The normalized spacial score (nSPS) is 33.0. The number of likely N-dealkylation sites (N-methyl/N-ethyl adjacent to an activating group) is 1. The summed E-state index contributed by atoms with van der Waals surface area (Å²) in [6.07, 6.45) is 7.33. The maximum absolute atomic E-state index is 13.3. The van der Waals surface area contributed by atoms with Crippen molar-refractivity contribution < 1.29 is 43.1 Å². The van der Waals surface area contributed by atoms with Crippen LogP contribution in [0.15, 0.2) is 30.3 Å². The molecule has 0 radical (unpaired) electrons. The molecule has 1 saturated carbocycles. The van der Waals surface area contributed by atoms with Crippen LogP contribution in [0.25, 0.3) is 0 Å². The second-order valence-corrected chi connectivity index (χ2v) is 9.00. The van der Waals surface area contributed by atoms with Gasteiger partial charge >= 0.3 is 5.97 Å². The number of halogens is 1. The van der Waals surface area contributed by atoms with Crippen molar-refractivity contribution in [3.63, 3.8) is 0 Å². The number of rotatable bonds is 4. The number of carbonyl (C=O) groups is 1. The molecule has 1 aliphatic carbocycles. The van der Waals surface area contributed by atoms with Crippen molar-refractivity contribution in [2.45, 2.75) is 56.7 Å². The largest absolute Gasteiger partial charge is 1.00 e. The second kappa shape index (κ2) is 8.37. The van der Waals surface area contributed by atoms with Gasteiger partial charge in [-0.25, -0.2) is 4.79 Å². The number of hydrogen-bond donors (Lipinski definition) is 1. The number of aliphatic hydroxyl groups is 1. The predicted octanol–water partition coefficient (Wildman–Crippen LogP) is 0.241. The van der Waals surface area contributed by atoms with Crippen LogP contribution in [0, 0.1) is 11.8 Å². The van der Waals surface area contributed by atoms with E-state index in [0.29, 0.717) is 11.5 Å². The lowest BCUT2D eigenvalue weighted by molar-refractivity contribution is -0.928. The Balaban J connectivity index is 0.00000210. The number of ether oxygens (including phenoxy) is 1. The zero-order valence-electron chi connectivity index (χ0n) is 16.3. The molecule has 0 spiro atoms. The van der Waals surface area contributed by atoms with E-state index in [2.05, 4.69) is 7.05 Å². The minimum atomic E-state index is -1.51. The number of carbonyl (C=O) groups excluding carboxylic acids is 1. The summed E-state index contributed by atoms with van der Waals surface area (Å²) in [6.45, 7) is 3.26. The highest BCUT2D eigenvalue weighted by atomic mass is 127. The van der Waals surface area contributed by atoms with Gasteiger partial charge in [0.1, 0.15) is 6.54 Å². The van der Waals surface area contributed by atoms with Crippen LogP contribution in [0.4, 0.5) is 0 Å². The van der Waals surface area contributed by atoms with Crippen LogP contribution in [0.1, 0.15) is 50.5 Å². The maximum atomic E-state index is 13.3. The minimum absolute atomic E-state index is 0. The molecule has 4 nitrogen and oxygen atoms in total. The molecule has 3 aliphatic heterocycles. The highest BCUT2D eigenvalue weighted by Crippen LogP contribution is 2.42. The smallest absolute Gasteiger partial charge is 0.343 e. The molecule has 5 heteroatoms. The molecule has 2 atom stereocenters. The highest BCUT2D eigenvalue weighted by Gasteiger charge is 2.51. The third kappa shape index (κ3) is 4.06. The molecule has 27 heavy (non-hydrogen) atoms. The molecular formula is C22H32INO3. The minimum Gasteiger partial charge on any atom is -1.00 e. The van der Waals surface area contributed by atoms with Gasteiger partial charge in [-0.2, -0.15) is 0 Å². The SMILES string of the molecule is C[N+]12CCC(CC1)C(OC(=O)C(O)(c1ccccc1)C1CCCCC1)C2.[I-]. The van der Waals surface area contributed by atoms with Gasteiger partial charge in [0.15, 0.2) is 11.7 Å². The molecule has 150 valence electrons. The molecule has 5 rings (SSSR count). The standard InChI is InChI=1S/C22H32NO3.HI/c1-23-14-12-17(13-15-23)20(16-23)26-21(24)22(25,18-8-4-2-5-9-18)19-10-6-3-7-11-19;/h2,4-5,8-9,17,19-20,25H,3,6-7,10-16H2,1H3;1H/q+1;/p-1. The van der Waals surface area contributed by atoms with E-state index in [-0.39, 0.29) is 36.0 Å². The van der Waals surface area contributed by atoms with E-state index >= 15 is 0 Å². The van der Waals surface area contributed by atoms with E-state index in [1.807, 2.05) is 30.3 Å². The Morgan fingerprint density at radius 3 is 2.30 bits per heavy atom. The molecule has 2 bridgehead atoms. The fourth-order valence-electron chi connectivity index (χ4n) is 5.44. The van der Waals surface area contributed by atoms with Crippen molar-refractivity contribution >= 4 is 5.97 Å². The first-order valence-electron chi connectivity index (χ1n) is 10.3. The second-order valence-electron chi connectivity index (χ2n) is 9.00.